The Hall–Kier alpha value is -7.56. The van der Waals surface area contributed by atoms with Crippen molar-refractivity contribution in [2.45, 2.75) is 66.2 Å². The van der Waals surface area contributed by atoms with Crippen molar-refractivity contribution in [3.05, 3.63) is 229 Å². The highest BCUT2D eigenvalue weighted by atomic mass is 15.2. The van der Waals surface area contributed by atoms with Gasteiger partial charge >= 0.3 is 6.85 Å². The molecule has 2 aliphatic rings. The molecule has 2 aliphatic heterocycles. The molecule has 68 heavy (non-hydrogen) atoms. The third-order valence-electron chi connectivity index (χ3n) is 14.1. The number of fused-ring (bicyclic) bond motifs is 4. The molecule has 9 aromatic carbocycles. The molecule has 332 valence electrons. The van der Waals surface area contributed by atoms with E-state index in [1.54, 1.807) is 0 Å². The molecule has 4 heteroatoms. The molecule has 0 bridgehead atoms. The minimum absolute atomic E-state index is 0.0342. The summed E-state index contributed by atoms with van der Waals surface area (Å²) in [5.74, 6) is 0. The van der Waals surface area contributed by atoms with Crippen molar-refractivity contribution >= 4 is 63.3 Å². The standard InChI is InChI=1S/C64H58BN3/c1-43-38-56-55-24-15-16-25-59(55)68(54-23-17-22-47(41-54)45-18-11-9-12-19-45)65-57-42-53(66(51-31-27-49(28-32-51)63(3,4)5)52-33-29-50(30-34-52)64(6,7)8)35-37-60(57)67(61(39-43)62(56)65)58-36-26-48(40-44(58)2)46-20-13-10-14-21-46/h9-42H,1-8H3. The smallest absolute Gasteiger partial charge is 0.333 e. The number of nitrogens with zero attached hydrogens (tertiary/aromatic N) is 3. The first-order valence-corrected chi connectivity index (χ1v) is 24.1. The normalized spacial score (nSPS) is 12.9. The van der Waals surface area contributed by atoms with E-state index in [1.165, 1.54) is 89.3 Å². The minimum atomic E-state index is -0.148. The second kappa shape index (κ2) is 16.6. The van der Waals surface area contributed by atoms with Crippen LogP contribution in [0.5, 0.6) is 0 Å². The van der Waals surface area contributed by atoms with Gasteiger partial charge in [0.25, 0.3) is 0 Å². The molecule has 0 fully saturated rings. The molecule has 0 spiro atoms. The molecule has 11 rings (SSSR count). The van der Waals surface area contributed by atoms with Crippen molar-refractivity contribution in [3.63, 3.8) is 0 Å². The van der Waals surface area contributed by atoms with Gasteiger partial charge in [-0.2, -0.15) is 0 Å². The first kappa shape index (κ1) is 43.0. The number of hydrogen-bond donors (Lipinski definition) is 0. The Bertz CT molecular complexity index is 3270. The van der Waals surface area contributed by atoms with E-state index < -0.39 is 0 Å². The van der Waals surface area contributed by atoms with Gasteiger partial charge in [-0.05, 0) is 165 Å². The van der Waals surface area contributed by atoms with Gasteiger partial charge in [0.1, 0.15) is 0 Å². The number of benzene rings is 9. The molecular formula is C64H58BN3. The highest BCUT2D eigenvalue weighted by molar-refractivity contribution is 6.93. The Morgan fingerprint density at radius 1 is 0.397 bits per heavy atom. The molecule has 0 unspecified atom stereocenters. The van der Waals surface area contributed by atoms with Gasteiger partial charge in [0.15, 0.2) is 0 Å². The Balaban J connectivity index is 1.18. The Labute approximate surface area is 404 Å². The fourth-order valence-corrected chi connectivity index (χ4v) is 10.6. The highest BCUT2D eigenvalue weighted by Crippen LogP contribution is 2.49. The molecule has 0 amide bonds. The molecule has 0 aliphatic carbocycles. The molecule has 0 saturated heterocycles. The molecule has 0 radical (unpaired) electrons. The molecule has 3 nitrogen and oxygen atoms in total. The van der Waals surface area contributed by atoms with Crippen molar-refractivity contribution < 1.29 is 0 Å². The Morgan fingerprint density at radius 2 is 0.941 bits per heavy atom. The van der Waals surface area contributed by atoms with Crippen molar-refractivity contribution in [1.82, 2.24) is 0 Å². The van der Waals surface area contributed by atoms with E-state index in [1.807, 2.05) is 0 Å². The maximum Gasteiger partial charge on any atom is 0.333 e. The topological polar surface area (TPSA) is 9.72 Å². The second-order valence-electron chi connectivity index (χ2n) is 20.8. The van der Waals surface area contributed by atoms with E-state index in [4.69, 9.17) is 0 Å². The van der Waals surface area contributed by atoms with E-state index in [-0.39, 0.29) is 17.7 Å². The minimum Gasteiger partial charge on any atom is -0.376 e. The third kappa shape index (κ3) is 7.59. The lowest BCUT2D eigenvalue weighted by molar-refractivity contribution is 0.590. The van der Waals surface area contributed by atoms with Crippen LogP contribution in [0.4, 0.5) is 45.5 Å². The van der Waals surface area contributed by atoms with Crippen LogP contribution in [-0.4, -0.2) is 6.85 Å². The zero-order valence-electron chi connectivity index (χ0n) is 40.5. The first-order valence-electron chi connectivity index (χ1n) is 24.1. The predicted octanol–water partition coefficient (Wildman–Crippen LogP) is 16.4. The largest absolute Gasteiger partial charge is 0.376 e. The number of aryl methyl sites for hydroxylation is 2. The Kier molecular flexibility index (Phi) is 10.5. The van der Waals surface area contributed by atoms with Crippen LogP contribution in [0.25, 0.3) is 33.4 Å². The van der Waals surface area contributed by atoms with Crippen molar-refractivity contribution in [3.8, 4) is 33.4 Å². The summed E-state index contributed by atoms with van der Waals surface area (Å²) in [6.07, 6.45) is 0. The van der Waals surface area contributed by atoms with E-state index in [0.717, 1.165) is 22.7 Å². The van der Waals surface area contributed by atoms with Gasteiger partial charge in [-0.3, -0.25) is 0 Å². The average Bonchev–Trinajstić information content (AvgIpc) is 3.35. The van der Waals surface area contributed by atoms with Crippen LogP contribution in [-0.2, 0) is 10.8 Å². The maximum atomic E-state index is 2.62. The van der Waals surface area contributed by atoms with Crippen molar-refractivity contribution in [1.29, 1.82) is 0 Å². The number of para-hydroxylation sites is 1. The molecule has 0 aromatic heterocycles. The molecule has 2 heterocycles. The maximum absolute atomic E-state index is 2.62. The van der Waals surface area contributed by atoms with Crippen LogP contribution in [0.1, 0.15) is 63.8 Å². The molecule has 9 aromatic rings. The van der Waals surface area contributed by atoms with Crippen molar-refractivity contribution in [2.75, 3.05) is 14.6 Å². The lowest BCUT2D eigenvalue weighted by Crippen LogP contribution is -2.61. The van der Waals surface area contributed by atoms with Gasteiger partial charge in [0, 0.05) is 51.1 Å². The van der Waals surface area contributed by atoms with Crippen LogP contribution >= 0.6 is 0 Å². The summed E-state index contributed by atoms with van der Waals surface area (Å²) in [6, 6.07) is 77.1. The molecule has 0 N–H and O–H groups in total. The summed E-state index contributed by atoms with van der Waals surface area (Å²) in [4.78, 5) is 7.62. The fraction of sp³-hybridized carbons (Fsp3) is 0.156. The number of rotatable bonds is 7. The zero-order chi connectivity index (χ0) is 46.9. The van der Waals surface area contributed by atoms with E-state index in [2.05, 4.69) is 276 Å². The Morgan fingerprint density at radius 3 is 1.54 bits per heavy atom. The van der Waals surface area contributed by atoms with Gasteiger partial charge in [0.05, 0.1) is 0 Å². The van der Waals surface area contributed by atoms with Crippen LogP contribution in [0.2, 0.25) is 0 Å². The van der Waals surface area contributed by atoms with Gasteiger partial charge in [-0.25, -0.2) is 0 Å². The number of anilines is 8. The summed E-state index contributed by atoms with van der Waals surface area (Å²) in [7, 11) is 0. The highest BCUT2D eigenvalue weighted by Gasteiger charge is 2.45. The van der Waals surface area contributed by atoms with E-state index in [0.29, 0.717) is 0 Å². The van der Waals surface area contributed by atoms with Crippen molar-refractivity contribution in [2.24, 2.45) is 0 Å². The summed E-state index contributed by atoms with van der Waals surface area (Å²) in [5.41, 5.74) is 24.3. The quantitative estimate of drug-likeness (QED) is 0.148. The first-order chi connectivity index (χ1) is 32.8. The third-order valence-corrected chi connectivity index (χ3v) is 14.1. The monoisotopic (exact) mass is 879 g/mol. The zero-order valence-corrected chi connectivity index (χ0v) is 40.5. The molecule has 0 atom stereocenters. The van der Waals surface area contributed by atoms with Crippen LogP contribution in [0.15, 0.2) is 206 Å². The molecule has 0 saturated carbocycles. The fourth-order valence-electron chi connectivity index (χ4n) is 10.6. The van der Waals surface area contributed by atoms with Gasteiger partial charge < -0.3 is 14.6 Å². The average molecular weight is 880 g/mol. The lowest BCUT2D eigenvalue weighted by Gasteiger charge is -2.46. The van der Waals surface area contributed by atoms with Crippen LogP contribution in [0.3, 0.4) is 0 Å². The van der Waals surface area contributed by atoms with E-state index >= 15 is 0 Å². The molecular weight excluding hydrogens is 822 g/mol. The van der Waals surface area contributed by atoms with Gasteiger partial charge in [-0.1, -0.05) is 169 Å². The lowest BCUT2D eigenvalue weighted by atomic mass is 9.43. The second-order valence-corrected chi connectivity index (χ2v) is 20.8. The SMILES string of the molecule is Cc1cc2c3c(c1)N(c1ccc(-c4ccccc4)cc1C)c1ccc(N(c4ccc(C(C)(C)C)cc4)c4ccc(C(C)(C)C)cc4)cc1B3N(c1cccc(-c3ccccc3)c1)c1ccccc1-2. The summed E-state index contributed by atoms with van der Waals surface area (Å²) in [5, 5.41) is 0. The summed E-state index contributed by atoms with van der Waals surface area (Å²) < 4.78 is 0. The van der Waals surface area contributed by atoms with E-state index in [9.17, 15) is 0 Å². The van der Waals surface area contributed by atoms with Gasteiger partial charge in [0.2, 0.25) is 0 Å². The summed E-state index contributed by atoms with van der Waals surface area (Å²) >= 11 is 0. The predicted molar refractivity (Wildman–Crippen MR) is 293 cm³/mol. The van der Waals surface area contributed by atoms with Crippen LogP contribution < -0.4 is 25.5 Å². The van der Waals surface area contributed by atoms with Gasteiger partial charge in [-0.15, -0.1) is 0 Å². The summed E-state index contributed by atoms with van der Waals surface area (Å²) in [6.45, 7) is 18.1. The number of hydrogen-bond acceptors (Lipinski definition) is 3. The van der Waals surface area contributed by atoms with Crippen LogP contribution in [0, 0.1) is 13.8 Å².